The molecule has 0 aliphatic heterocycles. The van der Waals surface area contributed by atoms with E-state index in [9.17, 15) is 10.1 Å². The number of unbranched alkanes of at least 4 members (excludes halogenated alkanes) is 1. The van der Waals surface area contributed by atoms with E-state index in [2.05, 4.69) is 6.92 Å². The van der Waals surface area contributed by atoms with E-state index in [0.717, 1.165) is 30.4 Å². The molecule has 0 amide bonds. The molecule has 3 nitrogen and oxygen atoms in total. The number of rotatable bonds is 6. The molecule has 0 radical (unpaired) electrons. The molecule has 16 heavy (non-hydrogen) atoms. The molecule has 0 unspecified atom stereocenters. The summed E-state index contributed by atoms with van der Waals surface area (Å²) < 4.78 is 0. The summed E-state index contributed by atoms with van der Waals surface area (Å²) in [6.45, 7) is 4.18. The first-order valence-corrected chi connectivity index (χ1v) is 5.82. The fourth-order valence-corrected chi connectivity index (χ4v) is 2.02. The highest BCUT2D eigenvalue weighted by molar-refractivity contribution is 5.29. The molecule has 0 heterocycles. The van der Waals surface area contributed by atoms with Gasteiger partial charge in [0, 0.05) is 10.8 Å². The number of aryl methyl sites for hydroxylation is 1. The van der Waals surface area contributed by atoms with E-state index in [1.54, 1.807) is 0 Å². The fraction of sp³-hybridized carbons (Fsp3) is 0.538. The minimum absolute atomic E-state index is 0.0465. The van der Waals surface area contributed by atoms with Gasteiger partial charge in [-0.2, -0.15) is 0 Å². The first kappa shape index (κ1) is 12.7. The molecule has 0 bridgehead atoms. The third-order valence-electron chi connectivity index (χ3n) is 2.90. The van der Waals surface area contributed by atoms with Crippen LogP contribution in [0.4, 0.5) is 0 Å². The molecule has 1 aromatic rings. The van der Waals surface area contributed by atoms with Crippen molar-refractivity contribution in [1.82, 2.24) is 0 Å². The summed E-state index contributed by atoms with van der Waals surface area (Å²) >= 11 is 0. The van der Waals surface area contributed by atoms with Crippen molar-refractivity contribution < 1.29 is 4.92 Å². The predicted octanol–water partition coefficient (Wildman–Crippen LogP) is 3.55. The van der Waals surface area contributed by atoms with Crippen molar-refractivity contribution in [2.24, 2.45) is 0 Å². The van der Waals surface area contributed by atoms with Gasteiger partial charge >= 0.3 is 0 Å². The Balaban J connectivity index is 2.82. The zero-order chi connectivity index (χ0) is 12.0. The van der Waals surface area contributed by atoms with Crippen LogP contribution >= 0.6 is 0 Å². The van der Waals surface area contributed by atoms with Gasteiger partial charge in [-0.25, -0.2) is 0 Å². The van der Waals surface area contributed by atoms with Crippen molar-refractivity contribution in [2.75, 3.05) is 6.54 Å². The van der Waals surface area contributed by atoms with E-state index in [-0.39, 0.29) is 17.4 Å². The van der Waals surface area contributed by atoms with Gasteiger partial charge in [0.15, 0.2) is 0 Å². The largest absolute Gasteiger partial charge is 0.265 e. The minimum Gasteiger partial charge on any atom is -0.265 e. The van der Waals surface area contributed by atoms with E-state index < -0.39 is 0 Å². The van der Waals surface area contributed by atoms with Gasteiger partial charge in [0.2, 0.25) is 6.54 Å². The predicted molar refractivity (Wildman–Crippen MR) is 65.3 cm³/mol. The molecule has 0 saturated heterocycles. The lowest BCUT2D eigenvalue weighted by atomic mass is 9.90. The molecule has 0 saturated carbocycles. The van der Waals surface area contributed by atoms with Gasteiger partial charge in [-0.15, -0.1) is 0 Å². The molecule has 0 aliphatic rings. The molecule has 0 spiro atoms. The Morgan fingerprint density at radius 2 is 2.06 bits per heavy atom. The number of hydrogen-bond acceptors (Lipinski definition) is 2. The van der Waals surface area contributed by atoms with Crippen molar-refractivity contribution in [2.45, 2.75) is 39.0 Å². The quantitative estimate of drug-likeness (QED) is 0.544. The summed E-state index contributed by atoms with van der Waals surface area (Å²) in [5, 5.41) is 10.7. The third kappa shape index (κ3) is 3.65. The van der Waals surface area contributed by atoms with Crippen molar-refractivity contribution in [3.8, 4) is 0 Å². The molecule has 1 rings (SSSR count). The van der Waals surface area contributed by atoms with Crippen LogP contribution in [0.25, 0.3) is 0 Å². The average molecular weight is 221 g/mol. The number of nitro groups is 1. The molecule has 0 aliphatic carbocycles. The summed E-state index contributed by atoms with van der Waals surface area (Å²) in [6.07, 6.45) is 3.04. The van der Waals surface area contributed by atoms with E-state index >= 15 is 0 Å². The summed E-state index contributed by atoms with van der Waals surface area (Å²) in [7, 11) is 0. The Morgan fingerprint density at radius 1 is 1.38 bits per heavy atom. The topological polar surface area (TPSA) is 43.1 Å². The van der Waals surface area contributed by atoms with Crippen LogP contribution < -0.4 is 0 Å². The van der Waals surface area contributed by atoms with Gasteiger partial charge in [0.25, 0.3) is 0 Å². The standard InChI is InChI=1S/C13H19NO2/c1-3-4-8-12(10-14(15)16)13-9-6-5-7-11(13)2/h5-7,9,12H,3-4,8,10H2,1-2H3/t12-/m0/s1. The highest BCUT2D eigenvalue weighted by atomic mass is 16.6. The second kappa shape index (κ2) is 6.26. The van der Waals surface area contributed by atoms with Crippen molar-refractivity contribution in [1.29, 1.82) is 0 Å². The Morgan fingerprint density at radius 3 is 2.62 bits per heavy atom. The maximum absolute atomic E-state index is 10.7. The van der Waals surface area contributed by atoms with Crippen LogP contribution in [0, 0.1) is 17.0 Å². The molecular formula is C13H19NO2. The molecule has 0 N–H and O–H groups in total. The van der Waals surface area contributed by atoms with Crippen LogP contribution in [0.2, 0.25) is 0 Å². The number of nitrogens with zero attached hydrogens (tertiary/aromatic N) is 1. The van der Waals surface area contributed by atoms with Gasteiger partial charge < -0.3 is 0 Å². The van der Waals surface area contributed by atoms with Crippen molar-refractivity contribution >= 4 is 0 Å². The van der Waals surface area contributed by atoms with Gasteiger partial charge in [-0.1, -0.05) is 44.0 Å². The SMILES string of the molecule is CCCC[C@@H](C[N+](=O)[O-])c1ccccc1C. The van der Waals surface area contributed by atoms with Crippen LogP contribution in [0.5, 0.6) is 0 Å². The first-order chi connectivity index (χ1) is 7.65. The second-order valence-corrected chi connectivity index (χ2v) is 4.21. The lowest BCUT2D eigenvalue weighted by molar-refractivity contribution is -0.483. The number of hydrogen-bond donors (Lipinski definition) is 0. The Kier molecular flexibility index (Phi) is 4.96. The highest BCUT2D eigenvalue weighted by Crippen LogP contribution is 2.25. The summed E-state index contributed by atoms with van der Waals surface area (Å²) in [6, 6.07) is 7.97. The summed E-state index contributed by atoms with van der Waals surface area (Å²) in [5.74, 6) is 0.0659. The smallest absolute Gasteiger partial charge is 0.210 e. The highest BCUT2D eigenvalue weighted by Gasteiger charge is 2.18. The molecule has 0 aromatic heterocycles. The van der Waals surface area contributed by atoms with Gasteiger partial charge in [0.05, 0.1) is 0 Å². The maximum Gasteiger partial charge on any atom is 0.210 e. The maximum atomic E-state index is 10.7. The lowest BCUT2D eigenvalue weighted by Crippen LogP contribution is -2.13. The van der Waals surface area contributed by atoms with Crippen LogP contribution in [-0.4, -0.2) is 11.5 Å². The average Bonchev–Trinajstić information content (AvgIpc) is 2.24. The van der Waals surface area contributed by atoms with Crippen molar-refractivity contribution in [3.05, 3.63) is 45.5 Å². The molecule has 1 atom stereocenters. The summed E-state index contributed by atoms with van der Waals surface area (Å²) in [5.41, 5.74) is 2.29. The second-order valence-electron chi connectivity index (χ2n) is 4.21. The molecular weight excluding hydrogens is 202 g/mol. The van der Waals surface area contributed by atoms with E-state index in [4.69, 9.17) is 0 Å². The van der Waals surface area contributed by atoms with E-state index in [0.29, 0.717) is 0 Å². The zero-order valence-electron chi connectivity index (χ0n) is 9.98. The van der Waals surface area contributed by atoms with E-state index in [1.807, 2.05) is 31.2 Å². The first-order valence-electron chi connectivity index (χ1n) is 5.82. The minimum atomic E-state index is -0.202. The van der Waals surface area contributed by atoms with Gasteiger partial charge in [-0.05, 0) is 24.5 Å². The van der Waals surface area contributed by atoms with Crippen LogP contribution in [0.3, 0.4) is 0 Å². The molecule has 0 fully saturated rings. The van der Waals surface area contributed by atoms with E-state index in [1.165, 1.54) is 0 Å². The zero-order valence-corrected chi connectivity index (χ0v) is 9.98. The fourth-order valence-electron chi connectivity index (χ4n) is 2.02. The van der Waals surface area contributed by atoms with Gasteiger partial charge in [-0.3, -0.25) is 10.1 Å². The Labute approximate surface area is 96.6 Å². The van der Waals surface area contributed by atoms with Crippen molar-refractivity contribution in [3.63, 3.8) is 0 Å². The number of benzene rings is 1. The van der Waals surface area contributed by atoms with Crippen LogP contribution in [0.15, 0.2) is 24.3 Å². The molecule has 88 valence electrons. The lowest BCUT2D eigenvalue weighted by Gasteiger charge is -2.15. The molecule has 3 heteroatoms. The molecule has 1 aromatic carbocycles. The normalized spacial score (nSPS) is 12.4. The summed E-state index contributed by atoms with van der Waals surface area (Å²) in [4.78, 5) is 10.5. The third-order valence-corrected chi connectivity index (χ3v) is 2.90. The van der Waals surface area contributed by atoms with Gasteiger partial charge in [0.1, 0.15) is 0 Å². The van der Waals surface area contributed by atoms with Crippen LogP contribution in [0.1, 0.15) is 43.2 Å². The van der Waals surface area contributed by atoms with Crippen LogP contribution in [-0.2, 0) is 0 Å². The Bertz CT molecular complexity index is 350. The Hall–Kier alpha value is -1.38. The monoisotopic (exact) mass is 221 g/mol.